The number of thiocarbonyl (C=S) groups is 1. The fourth-order valence-electron chi connectivity index (χ4n) is 2.30. The average Bonchev–Trinajstić information content (AvgIpc) is 2.49. The summed E-state index contributed by atoms with van der Waals surface area (Å²) in [5.41, 5.74) is 0.989. The van der Waals surface area contributed by atoms with Gasteiger partial charge in [-0.3, -0.25) is 0 Å². The Kier molecular flexibility index (Phi) is 5.70. The zero-order chi connectivity index (χ0) is 13.5. The van der Waals surface area contributed by atoms with Crippen LogP contribution in [0.3, 0.4) is 0 Å². The summed E-state index contributed by atoms with van der Waals surface area (Å²) in [4.78, 5) is 0. The molecule has 3 rings (SSSR count). The van der Waals surface area contributed by atoms with Crippen LogP contribution in [-0.4, -0.2) is 17.3 Å². The molecule has 1 aliphatic heterocycles. The highest BCUT2D eigenvalue weighted by Gasteiger charge is 1.97. The lowest BCUT2D eigenvalue weighted by Crippen LogP contribution is -2.85. The molecule has 0 aromatic heterocycles. The predicted molar refractivity (Wildman–Crippen MR) is 88.5 cm³/mol. The SMILES string of the molecule is C1CC[NH2+]CC1.S=C([S-])c1cccc2ccccc12. The van der Waals surface area contributed by atoms with E-state index in [1.54, 1.807) is 0 Å². The summed E-state index contributed by atoms with van der Waals surface area (Å²) in [5, 5.41) is 4.72. The number of hydrogen-bond acceptors (Lipinski definition) is 2. The summed E-state index contributed by atoms with van der Waals surface area (Å²) in [6.07, 6.45) is 4.36. The largest absolute Gasteiger partial charge is 0.428 e. The minimum absolute atomic E-state index is 0.539. The molecule has 0 amide bonds. The van der Waals surface area contributed by atoms with Gasteiger partial charge < -0.3 is 30.2 Å². The second-order valence-electron chi connectivity index (χ2n) is 4.74. The van der Waals surface area contributed by atoms with Gasteiger partial charge >= 0.3 is 0 Å². The molecule has 19 heavy (non-hydrogen) atoms. The molecule has 100 valence electrons. The molecular weight excluding hydrogens is 270 g/mol. The summed E-state index contributed by atoms with van der Waals surface area (Å²) in [7, 11) is 0. The van der Waals surface area contributed by atoms with Crippen molar-refractivity contribution in [3.63, 3.8) is 0 Å². The van der Waals surface area contributed by atoms with Crippen molar-refractivity contribution in [3.05, 3.63) is 48.0 Å². The second kappa shape index (κ2) is 7.53. The summed E-state index contributed by atoms with van der Waals surface area (Å²) >= 11 is 10.0. The smallest absolute Gasteiger partial charge is 0.0755 e. The van der Waals surface area contributed by atoms with Gasteiger partial charge in [0, 0.05) is 0 Å². The molecule has 0 atom stereocenters. The predicted octanol–water partition coefficient (Wildman–Crippen LogP) is 2.80. The lowest BCUT2D eigenvalue weighted by Gasteiger charge is -2.09. The van der Waals surface area contributed by atoms with Crippen LogP contribution in [0, 0.1) is 0 Å². The van der Waals surface area contributed by atoms with Gasteiger partial charge in [0.05, 0.1) is 13.1 Å². The van der Waals surface area contributed by atoms with E-state index in [0.29, 0.717) is 4.20 Å². The van der Waals surface area contributed by atoms with Crippen LogP contribution in [0.4, 0.5) is 0 Å². The van der Waals surface area contributed by atoms with Crippen molar-refractivity contribution >= 4 is 39.8 Å². The lowest BCUT2D eigenvalue weighted by atomic mass is 10.1. The Morgan fingerprint density at radius 1 is 0.947 bits per heavy atom. The maximum atomic E-state index is 5.00. The first-order chi connectivity index (χ1) is 9.29. The summed E-state index contributed by atoms with van der Waals surface area (Å²) in [5.74, 6) is 0. The van der Waals surface area contributed by atoms with Crippen molar-refractivity contribution in [2.24, 2.45) is 0 Å². The third-order valence-electron chi connectivity index (χ3n) is 3.33. The Morgan fingerprint density at radius 3 is 2.21 bits per heavy atom. The monoisotopic (exact) mass is 289 g/mol. The number of nitrogens with two attached hydrogens (primary N) is 1. The Bertz CT molecular complexity index is 530. The van der Waals surface area contributed by atoms with Gasteiger partial charge in [0.1, 0.15) is 0 Å². The van der Waals surface area contributed by atoms with Crippen LogP contribution >= 0.6 is 12.2 Å². The van der Waals surface area contributed by atoms with Gasteiger partial charge in [-0.05, 0) is 35.6 Å². The Labute approximate surface area is 125 Å². The molecule has 1 nitrogen and oxygen atoms in total. The molecule has 0 radical (unpaired) electrons. The van der Waals surface area contributed by atoms with Crippen LogP contribution in [0.5, 0.6) is 0 Å². The number of rotatable bonds is 1. The fourth-order valence-corrected chi connectivity index (χ4v) is 2.66. The average molecular weight is 289 g/mol. The van der Waals surface area contributed by atoms with E-state index in [2.05, 4.69) is 17.4 Å². The molecule has 0 saturated carbocycles. The zero-order valence-electron chi connectivity index (χ0n) is 11.0. The van der Waals surface area contributed by atoms with Gasteiger partial charge in [0.2, 0.25) is 0 Å². The van der Waals surface area contributed by atoms with E-state index in [1.807, 2.05) is 30.3 Å². The van der Waals surface area contributed by atoms with Crippen molar-refractivity contribution in [1.29, 1.82) is 0 Å². The van der Waals surface area contributed by atoms with Gasteiger partial charge in [0.15, 0.2) is 0 Å². The van der Waals surface area contributed by atoms with E-state index in [0.717, 1.165) is 10.9 Å². The number of hydrogen-bond donors (Lipinski definition) is 1. The molecule has 1 fully saturated rings. The van der Waals surface area contributed by atoms with Gasteiger partial charge in [-0.25, -0.2) is 0 Å². The Hall–Kier alpha value is -1.03. The van der Waals surface area contributed by atoms with E-state index in [9.17, 15) is 0 Å². The van der Waals surface area contributed by atoms with Gasteiger partial charge in [-0.15, -0.1) is 4.20 Å². The molecule has 1 aliphatic rings. The molecule has 0 unspecified atom stereocenters. The highest BCUT2D eigenvalue weighted by molar-refractivity contribution is 8.01. The molecule has 1 heterocycles. The van der Waals surface area contributed by atoms with Crippen molar-refractivity contribution in [2.75, 3.05) is 13.1 Å². The van der Waals surface area contributed by atoms with E-state index in [1.165, 1.54) is 37.7 Å². The van der Waals surface area contributed by atoms with Crippen LogP contribution in [0.15, 0.2) is 42.5 Å². The van der Waals surface area contributed by atoms with Crippen LogP contribution in [0.25, 0.3) is 10.8 Å². The zero-order valence-corrected chi connectivity index (χ0v) is 12.6. The third-order valence-corrected chi connectivity index (χ3v) is 3.77. The van der Waals surface area contributed by atoms with E-state index in [-0.39, 0.29) is 0 Å². The molecule has 2 aromatic carbocycles. The highest BCUT2D eigenvalue weighted by atomic mass is 32.1. The van der Waals surface area contributed by atoms with Crippen LogP contribution < -0.4 is 5.32 Å². The fraction of sp³-hybridized carbons (Fsp3) is 0.312. The normalized spacial score (nSPS) is 14.5. The molecular formula is C16H19NS2. The van der Waals surface area contributed by atoms with Crippen molar-refractivity contribution in [3.8, 4) is 0 Å². The molecule has 3 heteroatoms. The topological polar surface area (TPSA) is 16.6 Å². The second-order valence-corrected chi connectivity index (χ2v) is 5.82. The number of quaternary nitrogens is 1. The first kappa shape index (κ1) is 14.4. The summed E-state index contributed by atoms with van der Waals surface area (Å²) in [6.45, 7) is 2.75. The molecule has 2 aromatic rings. The van der Waals surface area contributed by atoms with Crippen LogP contribution in [-0.2, 0) is 12.6 Å². The van der Waals surface area contributed by atoms with E-state index < -0.39 is 0 Å². The minimum Gasteiger partial charge on any atom is -0.428 e. The van der Waals surface area contributed by atoms with E-state index >= 15 is 0 Å². The molecule has 0 bridgehead atoms. The van der Waals surface area contributed by atoms with Gasteiger partial charge in [-0.1, -0.05) is 42.5 Å². The van der Waals surface area contributed by atoms with Crippen LogP contribution in [0.2, 0.25) is 0 Å². The lowest BCUT2D eigenvalue weighted by molar-refractivity contribution is -0.662. The first-order valence-corrected chi connectivity index (χ1v) is 7.61. The number of benzene rings is 2. The maximum Gasteiger partial charge on any atom is 0.0755 e. The highest BCUT2D eigenvalue weighted by Crippen LogP contribution is 2.18. The maximum absolute atomic E-state index is 5.00. The van der Waals surface area contributed by atoms with Crippen molar-refractivity contribution in [1.82, 2.24) is 0 Å². The molecule has 0 spiro atoms. The van der Waals surface area contributed by atoms with Gasteiger partial charge in [-0.2, -0.15) is 0 Å². The molecule has 1 saturated heterocycles. The minimum atomic E-state index is 0.539. The standard InChI is InChI=1S/C11H8S2.C5H11N/c12-11(13)10-7-3-5-8-4-1-2-6-9(8)10;1-2-4-6-5-3-1/h1-7H,(H,12,13);6H,1-5H2. The van der Waals surface area contributed by atoms with Crippen LogP contribution in [0.1, 0.15) is 24.8 Å². The third kappa shape index (κ3) is 4.23. The summed E-state index contributed by atoms with van der Waals surface area (Å²) in [6, 6.07) is 14.1. The van der Waals surface area contributed by atoms with Gasteiger partial charge in [0.25, 0.3) is 0 Å². The van der Waals surface area contributed by atoms with E-state index in [4.69, 9.17) is 24.8 Å². The van der Waals surface area contributed by atoms with Crippen molar-refractivity contribution in [2.45, 2.75) is 19.3 Å². The first-order valence-electron chi connectivity index (χ1n) is 6.80. The molecule has 2 N–H and O–H groups in total. The number of piperidine rings is 1. The Balaban J connectivity index is 0.000000186. The number of fused-ring (bicyclic) bond motifs is 1. The quantitative estimate of drug-likeness (QED) is 0.642. The molecule has 0 aliphatic carbocycles. The van der Waals surface area contributed by atoms with Crippen molar-refractivity contribution < 1.29 is 5.32 Å². The Morgan fingerprint density at radius 2 is 1.63 bits per heavy atom. The summed E-state index contributed by atoms with van der Waals surface area (Å²) < 4.78 is 0.539.